The average molecular weight is 300 g/mol. The summed E-state index contributed by atoms with van der Waals surface area (Å²) >= 11 is 11.9. The molecule has 0 spiro atoms. The summed E-state index contributed by atoms with van der Waals surface area (Å²) < 4.78 is 5.15. The summed E-state index contributed by atoms with van der Waals surface area (Å²) in [7, 11) is 0. The third kappa shape index (κ3) is 3.43. The fraction of sp³-hybridized carbons (Fsp3) is 0.357. The Morgan fingerprint density at radius 3 is 2.79 bits per heavy atom. The molecule has 1 N–H and O–H groups in total. The number of unbranched alkanes of at least 4 members (excludes halogenated alkanes) is 1. The first kappa shape index (κ1) is 14.2. The van der Waals surface area contributed by atoms with Crippen LogP contribution in [0.5, 0.6) is 0 Å². The van der Waals surface area contributed by atoms with Gasteiger partial charge in [0, 0.05) is 17.1 Å². The Bertz CT molecular complexity index is 592. The zero-order valence-electron chi connectivity index (χ0n) is 10.6. The molecule has 0 fully saturated rings. The molecule has 3 nitrogen and oxygen atoms in total. The molecule has 0 radical (unpaired) electrons. The third-order valence-electron chi connectivity index (χ3n) is 2.90. The summed E-state index contributed by atoms with van der Waals surface area (Å²) in [6.45, 7) is 2.53. The van der Waals surface area contributed by atoms with Crippen LogP contribution in [0.2, 0.25) is 10.0 Å². The molecule has 0 saturated carbocycles. The molecule has 2 rings (SSSR count). The van der Waals surface area contributed by atoms with Crippen LogP contribution >= 0.6 is 23.2 Å². The predicted molar refractivity (Wildman–Crippen MR) is 77.9 cm³/mol. The fourth-order valence-corrected chi connectivity index (χ4v) is 2.19. The van der Waals surface area contributed by atoms with Crippen molar-refractivity contribution in [2.75, 3.05) is 6.61 Å². The van der Waals surface area contributed by atoms with Gasteiger partial charge >= 0.3 is 5.97 Å². The van der Waals surface area contributed by atoms with Gasteiger partial charge in [-0.05, 0) is 24.1 Å². The largest absolute Gasteiger partial charge is 0.465 e. The maximum atomic E-state index is 11.7. The number of fused-ring (bicyclic) bond motifs is 1. The third-order valence-corrected chi connectivity index (χ3v) is 3.63. The molecule has 0 aliphatic carbocycles. The van der Waals surface area contributed by atoms with Crippen LogP contribution in [0.1, 0.15) is 25.3 Å². The van der Waals surface area contributed by atoms with Gasteiger partial charge in [0.15, 0.2) is 0 Å². The van der Waals surface area contributed by atoms with E-state index < -0.39 is 0 Å². The maximum Gasteiger partial charge on any atom is 0.310 e. The van der Waals surface area contributed by atoms with E-state index in [1.54, 1.807) is 18.3 Å². The molecule has 0 aliphatic rings. The van der Waals surface area contributed by atoms with Gasteiger partial charge in [-0.15, -0.1) is 0 Å². The van der Waals surface area contributed by atoms with Crippen molar-refractivity contribution < 1.29 is 9.53 Å². The number of benzene rings is 1. The molecule has 5 heteroatoms. The van der Waals surface area contributed by atoms with Crippen LogP contribution in [0.3, 0.4) is 0 Å². The van der Waals surface area contributed by atoms with Crippen molar-refractivity contribution in [2.45, 2.75) is 26.2 Å². The van der Waals surface area contributed by atoms with Crippen molar-refractivity contribution in [3.05, 3.63) is 33.9 Å². The fourth-order valence-electron chi connectivity index (χ4n) is 1.86. The molecule has 0 aliphatic heterocycles. The normalized spacial score (nSPS) is 10.9. The van der Waals surface area contributed by atoms with Crippen molar-refractivity contribution >= 4 is 40.1 Å². The second-order valence-electron chi connectivity index (χ2n) is 4.38. The Morgan fingerprint density at radius 1 is 1.32 bits per heavy atom. The quantitative estimate of drug-likeness (QED) is 0.658. The highest BCUT2D eigenvalue weighted by Crippen LogP contribution is 2.29. The first-order valence-electron chi connectivity index (χ1n) is 6.22. The highest BCUT2D eigenvalue weighted by molar-refractivity contribution is 6.42. The smallest absolute Gasteiger partial charge is 0.310 e. The molecule has 1 aromatic carbocycles. The summed E-state index contributed by atoms with van der Waals surface area (Å²) in [5.74, 6) is -0.222. The minimum absolute atomic E-state index is 0.222. The Kier molecular flexibility index (Phi) is 4.72. The van der Waals surface area contributed by atoms with Gasteiger partial charge in [-0.2, -0.15) is 0 Å². The van der Waals surface area contributed by atoms with Crippen molar-refractivity contribution in [2.24, 2.45) is 0 Å². The number of rotatable bonds is 5. The number of carbonyl (C=O) groups is 1. The van der Waals surface area contributed by atoms with E-state index >= 15 is 0 Å². The lowest BCUT2D eigenvalue weighted by molar-refractivity contribution is -0.142. The SMILES string of the molecule is CCCCOC(=O)Cc1c[nH]c2cc(Cl)c(Cl)cc12. The monoisotopic (exact) mass is 299 g/mol. The summed E-state index contributed by atoms with van der Waals surface area (Å²) in [5.41, 5.74) is 1.74. The minimum Gasteiger partial charge on any atom is -0.465 e. The molecule has 0 atom stereocenters. The average Bonchev–Trinajstić information content (AvgIpc) is 2.73. The van der Waals surface area contributed by atoms with E-state index in [1.165, 1.54) is 0 Å². The number of hydrogen-bond donors (Lipinski definition) is 1. The number of carbonyl (C=O) groups excluding carboxylic acids is 1. The molecule has 0 unspecified atom stereocenters. The summed E-state index contributed by atoms with van der Waals surface area (Å²) in [6, 6.07) is 3.52. The van der Waals surface area contributed by atoms with E-state index in [9.17, 15) is 4.79 Å². The van der Waals surface area contributed by atoms with Crippen molar-refractivity contribution in [1.82, 2.24) is 4.98 Å². The van der Waals surface area contributed by atoms with Gasteiger partial charge in [0.05, 0.1) is 23.1 Å². The van der Waals surface area contributed by atoms with Crippen LogP contribution in [-0.4, -0.2) is 17.6 Å². The number of nitrogens with one attached hydrogen (secondary N) is 1. The maximum absolute atomic E-state index is 11.7. The first-order chi connectivity index (χ1) is 9.11. The van der Waals surface area contributed by atoms with Gasteiger partial charge in [-0.3, -0.25) is 4.79 Å². The molecule has 0 saturated heterocycles. The topological polar surface area (TPSA) is 42.1 Å². The lowest BCUT2D eigenvalue weighted by Gasteiger charge is -2.03. The van der Waals surface area contributed by atoms with Crippen LogP contribution in [0.25, 0.3) is 10.9 Å². The number of halogens is 2. The Balaban J connectivity index is 2.13. The summed E-state index contributed by atoms with van der Waals surface area (Å²) in [5, 5.41) is 1.88. The van der Waals surface area contributed by atoms with Gasteiger partial charge in [0.1, 0.15) is 0 Å². The number of esters is 1. The van der Waals surface area contributed by atoms with Crippen LogP contribution in [0.15, 0.2) is 18.3 Å². The molecule has 0 amide bonds. The van der Waals surface area contributed by atoms with E-state index in [2.05, 4.69) is 11.9 Å². The van der Waals surface area contributed by atoms with E-state index in [0.717, 1.165) is 29.3 Å². The molecular formula is C14H15Cl2NO2. The van der Waals surface area contributed by atoms with E-state index in [-0.39, 0.29) is 12.4 Å². The van der Waals surface area contributed by atoms with Crippen molar-refractivity contribution in [3.63, 3.8) is 0 Å². The minimum atomic E-state index is -0.222. The summed E-state index contributed by atoms with van der Waals surface area (Å²) in [4.78, 5) is 14.8. The van der Waals surface area contributed by atoms with E-state index in [4.69, 9.17) is 27.9 Å². The first-order valence-corrected chi connectivity index (χ1v) is 6.98. The number of aromatic nitrogens is 1. The molecule has 102 valence electrons. The standard InChI is InChI=1S/C14H15Cl2NO2/c1-2-3-4-19-14(18)5-9-8-17-13-7-12(16)11(15)6-10(9)13/h6-8,17H,2-5H2,1H3. The lowest BCUT2D eigenvalue weighted by Crippen LogP contribution is -2.08. The number of H-pyrrole nitrogens is 1. The Hall–Kier alpha value is -1.19. The molecule has 0 bridgehead atoms. The van der Waals surface area contributed by atoms with Gasteiger partial charge in [0.25, 0.3) is 0 Å². The Labute approximate surface area is 121 Å². The Morgan fingerprint density at radius 2 is 2.05 bits per heavy atom. The molecular weight excluding hydrogens is 285 g/mol. The molecule has 1 heterocycles. The van der Waals surface area contributed by atoms with Gasteiger partial charge in [0.2, 0.25) is 0 Å². The number of aromatic amines is 1. The summed E-state index contributed by atoms with van der Waals surface area (Å²) in [6.07, 6.45) is 3.93. The lowest BCUT2D eigenvalue weighted by atomic mass is 10.1. The number of hydrogen-bond acceptors (Lipinski definition) is 2. The second kappa shape index (κ2) is 6.31. The van der Waals surface area contributed by atoms with Gasteiger partial charge in [-0.25, -0.2) is 0 Å². The van der Waals surface area contributed by atoms with E-state index in [1.807, 2.05) is 0 Å². The molecule has 1 aromatic heterocycles. The highest BCUT2D eigenvalue weighted by atomic mass is 35.5. The van der Waals surface area contributed by atoms with E-state index in [0.29, 0.717) is 16.7 Å². The highest BCUT2D eigenvalue weighted by Gasteiger charge is 2.11. The van der Waals surface area contributed by atoms with Gasteiger partial charge < -0.3 is 9.72 Å². The zero-order valence-corrected chi connectivity index (χ0v) is 12.1. The number of ether oxygens (including phenoxy) is 1. The van der Waals surface area contributed by atoms with Crippen LogP contribution in [-0.2, 0) is 16.0 Å². The van der Waals surface area contributed by atoms with Crippen molar-refractivity contribution in [3.8, 4) is 0 Å². The predicted octanol–water partition coefficient (Wildman–Crippen LogP) is 4.36. The second-order valence-corrected chi connectivity index (χ2v) is 5.19. The van der Waals surface area contributed by atoms with Crippen LogP contribution in [0, 0.1) is 0 Å². The molecule has 2 aromatic rings. The zero-order chi connectivity index (χ0) is 13.8. The van der Waals surface area contributed by atoms with Crippen LogP contribution in [0.4, 0.5) is 0 Å². The van der Waals surface area contributed by atoms with Crippen molar-refractivity contribution in [1.29, 1.82) is 0 Å². The van der Waals surface area contributed by atoms with Gasteiger partial charge in [-0.1, -0.05) is 36.5 Å². The van der Waals surface area contributed by atoms with Crippen LogP contribution < -0.4 is 0 Å². The molecule has 19 heavy (non-hydrogen) atoms.